The summed E-state index contributed by atoms with van der Waals surface area (Å²) in [5, 5.41) is 13.0. The number of para-hydroxylation sites is 1. The Labute approximate surface area is 196 Å². The zero-order valence-corrected chi connectivity index (χ0v) is 19.3. The zero-order chi connectivity index (χ0) is 23.5. The maximum atomic E-state index is 13.5. The van der Waals surface area contributed by atoms with Crippen molar-refractivity contribution in [2.24, 2.45) is 10.7 Å². The van der Waals surface area contributed by atoms with Gasteiger partial charge in [-0.05, 0) is 55.4 Å². The van der Waals surface area contributed by atoms with Gasteiger partial charge in [0.2, 0.25) is 0 Å². The molecule has 0 bridgehead atoms. The number of carbonyl (C=O) groups excluding carboxylic acids is 1. The minimum Gasteiger partial charge on any atom is -0.493 e. The van der Waals surface area contributed by atoms with Gasteiger partial charge in [0.05, 0.1) is 31.0 Å². The van der Waals surface area contributed by atoms with Gasteiger partial charge in [0.15, 0.2) is 16.7 Å². The van der Waals surface area contributed by atoms with Gasteiger partial charge in [0.1, 0.15) is 16.8 Å². The van der Waals surface area contributed by atoms with Crippen LogP contribution in [-0.4, -0.2) is 29.7 Å². The number of hydrogen-bond donors (Lipinski definition) is 2. The van der Waals surface area contributed by atoms with Crippen LogP contribution in [0.15, 0.2) is 75.5 Å². The van der Waals surface area contributed by atoms with Crippen LogP contribution in [0, 0.1) is 11.3 Å². The van der Waals surface area contributed by atoms with Crippen molar-refractivity contribution in [2.75, 3.05) is 19.0 Å². The third kappa shape index (κ3) is 4.13. The molecule has 0 aliphatic carbocycles. The van der Waals surface area contributed by atoms with Crippen LogP contribution in [0.25, 0.3) is 0 Å². The highest BCUT2D eigenvalue weighted by Gasteiger charge is 2.42. The fourth-order valence-electron chi connectivity index (χ4n) is 3.80. The smallest absolute Gasteiger partial charge is 0.255 e. The van der Waals surface area contributed by atoms with E-state index in [1.165, 1.54) is 11.8 Å². The van der Waals surface area contributed by atoms with Crippen molar-refractivity contribution in [1.82, 2.24) is 4.90 Å². The number of allylic oxidation sites excluding steroid dienone is 2. The highest BCUT2D eigenvalue weighted by molar-refractivity contribution is 8.17. The van der Waals surface area contributed by atoms with Gasteiger partial charge in [-0.15, -0.1) is 0 Å². The van der Waals surface area contributed by atoms with Gasteiger partial charge in [-0.25, -0.2) is 4.99 Å². The Morgan fingerprint density at radius 2 is 2.03 bits per heavy atom. The van der Waals surface area contributed by atoms with E-state index in [1.54, 1.807) is 25.0 Å². The predicted octanol–water partition coefficient (Wildman–Crippen LogP) is 4.12. The molecule has 1 amide bonds. The van der Waals surface area contributed by atoms with Crippen molar-refractivity contribution in [1.29, 1.82) is 5.26 Å². The van der Waals surface area contributed by atoms with Crippen molar-refractivity contribution in [3.05, 3.63) is 76.1 Å². The molecule has 9 heteroatoms. The molecule has 168 valence electrons. The van der Waals surface area contributed by atoms with Gasteiger partial charge < -0.3 is 20.5 Å². The fraction of sp³-hybridized carbons (Fsp3) is 0.208. The Morgan fingerprint density at radius 3 is 2.70 bits per heavy atom. The highest BCUT2D eigenvalue weighted by atomic mass is 32.2. The second kappa shape index (κ2) is 9.30. The van der Waals surface area contributed by atoms with Crippen molar-refractivity contribution >= 4 is 28.5 Å². The number of methoxy groups -OCH3 is 1. The quantitative estimate of drug-likeness (QED) is 0.665. The highest BCUT2D eigenvalue weighted by Crippen LogP contribution is 2.46. The number of hydrogen-bond acceptors (Lipinski definition) is 8. The number of amidine groups is 1. The second-order valence-corrected chi connectivity index (χ2v) is 8.24. The lowest BCUT2D eigenvalue weighted by atomic mass is 9.93. The van der Waals surface area contributed by atoms with E-state index in [0.717, 1.165) is 5.56 Å². The molecule has 33 heavy (non-hydrogen) atoms. The Morgan fingerprint density at radius 1 is 1.27 bits per heavy atom. The first-order valence-electron chi connectivity index (χ1n) is 10.3. The number of nitrogens with two attached hydrogens (primary N) is 1. The lowest BCUT2D eigenvalue weighted by molar-refractivity contribution is -0.113. The molecule has 4 rings (SSSR count). The number of benzene rings is 2. The molecule has 2 aliphatic heterocycles. The number of nitriles is 1. The third-order valence-corrected chi connectivity index (χ3v) is 6.23. The Bertz CT molecular complexity index is 1230. The van der Waals surface area contributed by atoms with Gasteiger partial charge in [-0.2, -0.15) is 5.26 Å². The van der Waals surface area contributed by atoms with Crippen molar-refractivity contribution in [3.63, 3.8) is 0 Å². The van der Waals surface area contributed by atoms with Crippen LogP contribution >= 0.6 is 11.8 Å². The molecule has 0 saturated heterocycles. The van der Waals surface area contributed by atoms with Crippen molar-refractivity contribution in [3.8, 4) is 17.6 Å². The normalized spacial score (nSPS) is 17.3. The Hall–Kier alpha value is -3.90. The van der Waals surface area contributed by atoms with E-state index >= 15 is 0 Å². The minimum absolute atomic E-state index is 0.262. The van der Waals surface area contributed by atoms with E-state index in [0.29, 0.717) is 45.1 Å². The summed E-state index contributed by atoms with van der Waals surface area (Å²) in [6.07, 6.45) is 0. The summed E-state index contributed by atoms with van der Waals surface area (Å²) >= 11 is 1.19. The van der Waals surface area contributed by atoms with Crippen molar-refractivity contribution < 1.29 is 14.3 Å². The number of fused-ring (bicyclic) bond motifs is 1. The number of rotatable bonds is 6. The fourth-order valence-corrected chi connectivity index (χ4v) is 4.71. The molecular formula is C24H23N5O3S. The van der Waals surface area contributed by atoms with Crippen LogP contribution in [0.5, 0.6) is 11.5 Å². The zero-order valence-electron chi connectivity index (χ0n) is 18.5. The molecule has 2 heterocycles. The summed E-state index contributed by atoms with van der Waals surface area (Å²) in [7, 11) is 1.57. The molecule has 8 nitrogen and oxygen atoms in total. The molecule has 2 aromatic carbocycles. The van der Waals surface area contributed by atoms with E-state index < -0.39 is 6.04 Å². The van der Waals surface area contributed by atoms with Crippen LogP contribution in [0.3, 0.4) is 0 Å². The van der Waals surface area contributed by atoms with E-state index in [-0.39, 0.29) is 11.7 Å². The summed E-state index contributed by atoms with van der Waals surface area (Å²) in [4.78, 5) is 20.2. The average molecular weight is 462 g/mol. The maximum absolute atomic E-state index is 13.5. The summed E-state index contributed by atoms with van der Waals surface area (Å²) in [5.41, 5.74) is 8.76. The van der Waals surface area contributed by atoms with Gasteiger partial charge in [0, 0.05) is 5.69 Å². The summed E-state index contributed by atoms with van der Waals surface area (Å²) in [6.45, 7) is 4.12. The molecule has 0 saturated carbocycles. The van der Waals surface area contributed by atoms with Crippen LogP contribution in [0.2, 0.25) is 0 Å². The lowest BCUT2D eigenvalue weighted by Gasteiger charge is -2.35. The molecule has 1 atom stereocenters. The summed E-state index contributed by atoms with van der Waals surface area (Å²) in [6, 6.07) is 16.2. The number of nitrogens with one attached hydrogen (secondary N) is 1. The molecule has 3 N–H and O–H groups in total. The Kier molecular flexibility index (Phi) is 6.29. The monoisotopic (exact) mass is 461 g/mol. The molecule has 0 radical (unpaired) electrons. The van der Waals surface area contributed by atoms with E-state index in [4.69, 9.17) is 15.2 Å². The van der Waals surface area contributed by atoms with Crippen LogP contribution in [0.4, 0.5) is 5.69 Å². The first kappa shape index (κ1) is 22.3. The topological polar surface area (TPSA) is 113 Å². The molecule has 0 unspecified atom stereocenters. The number of ether oxygens (including phenoxy) is 2. The molecule has 2 aromatic rings. The number of thioether (sulfide) groups is 1. The van der Waals surface area contributed by atoms with Crippen LogP contribution in [-0.2, 0) is 4.79 Å². The second-order valence-electron chi connectivity index (χ2n) is 7.26. The van der Waals surface area contributed by atoms with Gasteiger partial charge in [0.25, 0.3) is 5.91 Å². The van der Waals surface area contributed by atoms with E-state index in [9.17, 15) is 10.1 Å². The van der Waals surface area contributed by atoms with E-state index in [2.05, 4.69) is 16.4 Å². The Balaban J connectivity index is 1.84. The van der Waals surface area contributed by atoms with Gasteiger partial charge in [-0.3, -0.25) is 9.69 Å². The van der Waals surface area contributed by atoms with Gasteiger partial charge in [-0.1, -0.05) is 24.3 Å². The number of anilines is 1. The molecule has 2 aliphatic rings. The molecular weight excluding hydrogens is 438 g/mol. The maximum Gasteiger partial charge on any atom is 0.255 e. The first-order valence-corrected chi connectivity index (χ1v) is 11.1. The summed E-state index contributed by atoms with van der Waals surface area (Å²) < 4.78 is 11.2. The van der Waals surface area contributed by atoms with Gasteiger partial charge >= 0.3 is 0 Å². The molecule has 0 aromatic heterocycles. The van der Waals surface area contributed by atoms with Crippen molar-refractivity contribution in [2.45, 2.75) is 19.9 Å². The standard InChI is InChI=1S/C24H23N5O3S/c1-4-32-18-12-15(10-11-17(18)31-3)21-20(23(30)28-16-8-6-5-7-9-16)14(2)27-24-29(21)22(26)19(13-25)33-24/h5-12,21H,4,26H2,1-3H3,(H,28,30)/t21-/m0/s1. The molecule has 0 fully saturated rings. The van der Waals surface area contributed by atoms with E-state index in [1.807, 2.05) is 49.4 Å². The number of aliphatic imine (C=N–C) groups is 1. The number of carbonyl (C=O) groups is 1. The minimum atomic E-state index is -0.607. The average Bonchev–Trinajstić information content (AvgIpc) is 3.13. The number of nitrogens with zero attached hydrogens (tertiary/aromatic N) is 3. The van der Waals surface area contributed by atoms with Crippen LogP contribution < -0.4 is 20.5 Å². The summed E-state index contributed by atoms with van der Waals surface area (Å²) in [5.74, 6) is 1.09. The van der Waals surface area contributed by atoms with Crippen LogP contribution in [0.1, 0.15) is 25.5 Å². The largest absolute Gasteiger partial charge is 0.493 e. The SMILES string of the molecule is CCOc1cc([C@H]2C(C(=O)Nc3ccccc3)=C(C)N=C3SC(C#N)=C(N)N32)ccc1OC. The molecule has 0 spiro atoms. The predicted molar refractivity (Wildman–Crippen MR) is 128 cm³/mol. The number of amides is 1. The third-order valence-electron chi connectivity index (χ3n) is 5.26. The first-order chi connectivity index (χ1) is 16.0. The lowest BCUT2D eigenvalue weighted by Crippen LogP contribution is -2.39.